The van der Waals surface area contributed by atoms with Gasteiger partial charge in [0.2, 0.25) is 11.8 Å². The average molecular weight is 530 g/mol. The van der Waals surface area contributed by atoms with Gasteiger partial charge in [0.05, 0.1) is 6.61 Å². The summed E-state index contributed by atoms with van der Waals surface area (Å²) in [6, 6.07) is 7.82. The molecule has 0 spiro atoms. The number of esters is 1. The zero-order chi connectivity index (χ0) is 28.1. The number of carbonyl (C=O) groups excluding carboxylic acids is 4. The molecule has 9 heteroatoms. The molecule has 2 N–H and O–H groups in total. The third kappa shape index (κ3) is 10.6. The van der Waals surface area contributed by atoms with Gasteiger partial charge in [-0.1, -0.05) is 56.3 Å². The highest BCUT2D eigenvalue weighted by molar-refractivity contribution is 5.90. The van der Waals surface area contributed by atoms with E-state index in [0.717, 1.165) is 5.56 Å². The van der Waals surface area contributed by atoms with Crippen molar-refractivity contribution in [3.8, 4) is 0 Å². The smallest absolute Gasteiger partial charge is 0.408 e. The fraction of sp³-hybridized carbons (Fsp3) is 0.586. The molecular weight excluding hydrogens is 486 g/mol. The van der Waals surface area contributed by atoms with E-state index < -0.39 is 42.1 Å². The molecule has 0 saturated carbocycles. The lowest BCUT2D eigenvalue weighted by molar-refractivity contribution is -0.148. The fourth-order valence-electron chi connectivity index (χ4n) is 4.45. The van der Waals surface area contributed by atoms with E-state index >= 15 is 0 Å². The number of hydrogen-bond acceptors (Lipinski definition) is 6. The van der Waals surface area contributed by atoms with Gasteiger partial charge in [-0.15, -0.1) is 0 Å². The van der Waals surface area contributed by atoms with Crippen molar-refractivity contribution < 1.29 is 28.7 Å². The van der Waals surface area contributed by atoms with Crippen LogP contribution in [0.4, 0.5) is 4.79 Å². The summed E-state index contributed by atoms with van der Waals surface area (Å²) in [4.78, 5) is 53.5. The predicted octanol–water partition coefficient (Wildman–Crippen LogP) is 3.62. The van der Waals surface area contributed by atoms with Gasteiger partial charge in [-0.25, -0.2) is 9.59 Å². The lowest BCUT2D eigenvalue weighted by Crippen LogP contribution is -2.53. The number of amides is 3. The molecule has 1 heterocycles. The largest absolute Gasteiger partial charge is 0.464 e. The summed E-state index contributed by atoms with van der Waals surface area (Å²) >= 11 is 0. The van der Waals surface area contributed by atoms with Crippen LogP contribution in [-0.2, 0) is 30.3 Å². The second kappa shape index (κ2) is 15.8. The highest BCUT2D eigenvalue weighted by atomic mass is 16.6. The van der Waals surface area contributed by atoms with E-state index in [1.807, 2.05) is 56.3 Å². The standard InChI is InChI=1S/C29H43N3O6/c1-6-37-28(35)25-19-22(27(34)32(4)5)15-11-8-12-16-23(18-21-13-9-7-10-14-21)38-29(36)31-24(17-20(2)3)26(33)30-25/h7-11,13-14,20,22-25H,6,12,15-19H2,1-5H3,(H,30,33)(H,31,36)/b11-8+/t22?,23?,24-,25-/m0/s1. The minimum atomic E-state index is -1.03. The Hall–Kier alpha value is -3.36. The van der Waals surface area contributed by atoms with Gasteiger partial charge in [-0.3, -0.25) is 9.59 Å². The Balaban J connectivity index is 2.36. The molecule has 2 unspecified atom stereocenters. The SMILES string of the molecule is CCOC(=O)[C@@H]1CC(C(=O)N(C)C)C/C=C/CCC(Cc2ccccc2)OC(=O)N[C@@H](CC(C)C)C(=O)N1. The number of carbonyl (C=O) groups is 4. The molecule has 1 aliphatic rings. The molecule has 0 fully saturated rings. The number of ether oxygens (including phenoxy) is 2. The monoisotopic (exact) mass is 529 g/mol. The number of cyclic esters (lactones) is 1. The number of hydrogen-bond donors (Lipinski definition) is 2. The maximum absolute atomic E-state index is 13.3. The molecule has 0 aliphatic carbocycles. The topological polar surface area (TPSA) is 114 Å². The Morgan fingerprint density at radius 1 is 1.11 bits per heavy atom. The van der Waals surface area contributed by atoms with E-state index in [1.165, 1.54) is 4.90 Å². The van der Waals surface area contributed by atoms with Crippen LogP contribution in [0.3, 0.4) is 0 Å². The third-order valence-electron chi connectivity index (χ3n) is 6.34. The van der Waals surface area contributed by atoms with Crippen molar-refractivity contribution in [2.45, 2.75) is 77.5 Å². The number of allylic oxidation sites excluding steroid dienone is 2. The Morgan fingerprint density at radius 3 is 2.45 bits per heavy atom. The zero-order valence-corrected chi connectivity index (χ0v) is 23.3. The van der Waals surface area contributed by atoms with E-state index in [2.05, 4.69) is 10.6 Å². The molecule has 3 amide bonds. The second-order valence-corrected chi connectivity index (χ2v) is 10.3. The van der Waals surface area contributed by atoms with Crippen molar-refractivity contribution in [2.75, 3.05) is 20.7 Å². The van der Waals surface area contributed by atoms with Gasteiger partial charge in [0.1, 0.15) is 18.2 Å². The minimum Gasteiger partial charge on any atom is -0.464 e. The minimum absolute atomic E-state index is 0.0847. The van der Waals surface area contributed by atoms with E-state index in [1.54, 1.807) is 21.0 Å². The Bertz CT molecular complexity index is 947. The van der Waals surface area contributed by atoms with Gasteiger partial charge in [-0.2, -0.15) is 0 Å². The van der Waals surface area contributed by atoms with Crippen LogP contribution in [0.2, 0.25) is 0 Å². The Morgan fingerprint density at radius 2 is 1.82 bits per heavy atom. The first-order chi connectivity index (χ1) is 18.1. The molecule has 210 valence electrons. The van der Waals surface area contributed by atoms with Crippen molar-refractivity contribution in [1.82, 2.24) is 15.5 Å². The van der Waals surface area contributed by atoms with E-state index in [0.29, 0.717) is 32.1 Å². The first-order valence-electron chi connectivity index (χ1n) is 13.4. The highest BCUT2D eigenvalue weighted by Gasteiger charge is 2.33. The second-order valence-electron chi connectivity index (χ2n) is 10.3. The predicted molar refractivity (Wildman–Crippen MR) is 145 cm³/mol. The summed E-state index contributed by atoms with van der Waals surface area (Å²) < 4.78 is 11.0. The molecule has 1 aliphatic heterocycles. The van der Waals surface area contributed by atoms with Crippen molar-refractivity contribution in [2.24, 2.45) is 11.8 Å². The normalized spacial score (nSPS) is 24.2. The van der Waals surface area contributed by atoms with Gasteiger partial charge in [-0.05, 0) is 50.5 Å². The average Bonchev–Trinajstić information content (AvgIpc) is 2.86. The lowest BCUT2D eigenvalue weighted by Gasteiger charge is -2.27. The van der Waals surface area contributed by atoms with Crippen LogP contribution in [0.1, 0.15) is 58.4 Å². The van der Waals surface area contributed by atoms with Crippen LogP contribution in [-0.4, -0.2) is 67.7 Å². The van der Waals surface area contributed by atoms with Crippen molar-refractivity contribution in [3.63, 3.8) is 0 Å². The van der Waals surface area contributed by atoms with Gasteiger partial charge in [0.15, 0.2) is 0 Å². The zero-order valence-electron chi connectivity index (χ0n) is 23.3. The summed E-state index contributed by atoms with van der Waals surface area (Å²) in [5, 5.41) is 5.45. The third-order valence-corrected chi connectivity index (χ3v) is 6.34. The van der Waals surface area contributed by atoms with E-state index in [9.17, 15) is 19.2 Å². The number of nitrogens with zero attached hydrogens (tertiary/aromatic N) is 1. The first-order valence-corrected chi connectivity index (χ1v) is 13.4. The lowest BCUT2D eigenvalue weighted by atomic mass is 9.93. The summed E-state index contributed by atoms with van der Waals surface area (Å²) in [7, 11) is 3.33. The van der Waals surface area contributed by atoms with Gasteiger partial charge in [0.25, 0.3) is 0 Å². The molecular formula is C29H43N3O6. The van der Waals surface area contributed by atoms with Crippen LogP contribution in [0.25, 0.3) is 0 Å². The van der Waals surface area contributed by atoms with Crippen LogP contribution >= 0.6 is 0 Å². The molecule has 0 aromatic heterocycles. The number of alkyl carbamates (subject to hydrolysis) is 1. The van der Waals surface area contributed by atoms with Crippen LogP contribution in [0.5, 0.6) is 0 Å². The number of benzene rings is 1. The maximum atomic E-state index is 13.3. The molecule has 1 aromatic rings. The molecule has 0 bridgehead atoms. The summed E-state index contributed by atoms with van der Waals surface area (Å²) in [6.07, 6.45) is 5.39. The number of rotatable bonds is 7. The van der Waals surface area contributed by atoms with Crippen LogP contribution < -0.4 is 10.6 Å². The maximum Gasteiger partial charge on any atom is 0.408 e. The van der Waals surface area contributed by atoms with Crippen molar-refractivity contribution >= 4 is 23.9 Å². The van der Waals surface area contributed by atoms with E-state index in [-0.39, 0.29) is 24.9 Å². The van der Waals surface area contributed by atoms with Gasteiger partial charge >= 0.3 is 12.1 Å². The van der Waals surface area contributed by atoms with E-state index in [4.69, 9.17) is 9.47 Å². The molecule has 2 rings (SSSR count). The Kier molecular flexibility index (Phi) is 12.8. The first kappa shape index (κ1) is 30.9. The molecule has 0 radical (unpaired) electrons. The van der Waals surface area contributed by atoms with Gasteiger partial charge in [0, 0.05) is 26.4 Å². The van der Waals surface area contributed by atoms with Crippen molar-refractivity contribution in [3.05, 3.63) is 48.0 Å². The summed E-state index contributed by atoms with van der Waals surface area (Å²) in [6.45, 7) is 5.70. The van der Waals surface area contributed by atoms with Crippen LogP contribution in [0, 0.1) is 11.8 Å². The Labute approximate surface area is 226 Å². The van der Waals surface area contributed by atoms with Crippen molar-refractivity contribution in [1.29, 1.82) is 0 Å². The molecule has 38 heavy (non-hydrogen) atoms. The fourth-order valence-corrected chi connectivity index (χ4v) is 4.45. The molecule has 4 atom stereocenters. The molecule has 0 saturated heterocycles. The number of nitrogens with one attached hydrogen (secondary N) is 2. The summed E-state index contributed by atoms with van der Waals surface area (Å²) in [5.41, 5.74) is 1.04. The van der Waals surface area contributed by atoms with Crippen LogP contribution in [0.15, 0.2) is 42.5 Å². The van der Waals surface area contributed by atoms with Gasteiger partial charge < -0.3 is 25.0 Å². The highest BCUT2D eigenvalue weighted by Crippen LogP contribution is 2.19. The molecule has 1 aromatic carbocycles. The quantitative estimate of drug-likeness (QED) is 0.412. The molecule has 9 nitrogen and oxygen atoms in total. The summed E-state index contributed by atoms with van der Waals surface area (Å²) in [5.74, 6) is -1.72.